The summed E-state index contributed by atoms with van der Waals surface area (Å²) in [5.41, 5.74) is 1.58. The van der Waals surface area contributed by atoms with E-state index in [0.717, 1.165) is 57.8 Å². The van der Waals surface area contributed by atoms with E-state index in [2.05, 4.69) is 33.5 Å². The van der Waals surface area contributed by atoms with Crippen molar-refractivity contribution in [2.45, 2.75) is 31.8 Å². The van der Waals surface area contributed by atoms with E-state index in [1.807, 2.05) is 11.0 Å². The molecule has 3 fully saturated rings. The van der Waals surface area contributed by atoms with Crippen LogP contribution in [0.5, 0.6) is 0 Å². The van der Waals surface area contributed by atoms with Crippen LogP contribution in [0.3, 0.4) is 0 Å². The van der Waals surface area contributed by atoms with Crippen LogP contribution in [0.15, 0.2) is 18.5 Å². The Morgan fingerprint density at radius 2 is 2.11 bits per heavy atom. The molecule has 1 amide bonds. The molecule has 1 aromatic rings. The van der Waals surface area contributed by atoms with E-state index in [0.29, 0.717) is 11.5 Å². The Kier molecular flexibility index (Phi) is 5.28. The van der Waals surface area contributed by atoms with Crippen LogP contribution >= 0.6 is 0 Å². The fourth-order valence-electron chi connectivity index (χ4n) is 4.95. The third-order valence-corrected chi connectivity index (χ3v) is 6.46. The summed E-state index contributed by atoms with van der Waals surface area (Å²) in [5.74, 6) is 0.881. The number of carbonyl (C=O) groups is 1. The first-order valence-corrected chi connectivity index (χ1v) is 10.0. The zero-order valence-corrected chi connectivity index (χ0v) is 15.9. The van der Waals surface area contributed by atoms with Crippen LogP contribution in [0, 0.1) is 23.2 Å². The highest BCUT2D eigenvalue weighted by Crippen LogP contribution is 2.33. The smallest absolute Gasteiger partial charge is 0.239 e. The van der Waals surface area contributed by atoms with Crippen LogP contribution in [-0.4, -0.2) is 67.1 Å². The van der Waals surface area contributed by atoms with Crippen molar-refractivity contribution in [1.29, 1.82) is 5.26 Å². The van der Waals surface area contributed by atoms with Gasteiger partial charge in [-0.05, 0) is 30.7 Å². The van der Waals surface area contributed by atoms with Crippen molar-refractivity contribution in [2.75, 3.05) is 44.2 Å². The molecule has 4 atom stereocenters. The van der Waals surface area contributed by atoms with E-state index < -0.39 is 0 Å². The maximum atomic E-state index is 12.9. The largest absolute Gasteiger partial charge is 0.364 e. The number of anilines is 1. The summed E-state index contributed by atoms with van der Waals surface area (Å²) in [4.78, 5) is 21.4. The summed E-state index contributed by atoms with van der Waals surface area (Å²) in [6.07, 6.45) is 5.64. The second-order valence-corrected chi connectivity index (χ2v) is 7.91. The quantitative estimate of drug-likeness (QED) is 0.812. The summed E-state index contributed by atoms with van der Waals surface area (Å²) < 4.78 is 0. The molecular weight excluding hydrogens is 340 g/mol. The second-order valence-electron chi connectivity index (χ2n) is 7.91. The molecule has 4 heterocycles. The number of likely N-dealkylation sites (tertiary alicyclic amines) is 1. The highest BCUT2D eigenvalue weighted by Gasteiger charge is 2.44. The number of nitrogens with one attached hydrogen (secondary N) is 2. The van der Waals surface area contributed by atoms with E-state index in [-0.39, 0.29) is 23.9 Å². The predicted octanol–water partition coefficient (Wildman–Crippen LogP) is 0.578. The molecule has 7 heteroatoms. The van der Waals surface area contributed by atoms with Gasteiger partial charge in [-0.1, -0.05) is 6.92 Å². The number of hydrogen-bond acceptors (Lipinski definition) is 6. The van der Waals surface area contributed by atoms with E-state index in [9.17, 15) is 10.1 Å². The maximum absolute atomic E-state index is 12.9. The number of nitrogens with zero attached hydrogens (tertiary/aromatic N) is 4. The van der Waals surface area contributed by atoms with Gasteiger partial charge in [0.25, 0.3) is 0 Å². The SMILES string of the molecule is C[C@H]1[C@@H](C(=O)N2CCCC2)NC[C@H]1C1CNCCN1c1ccncc1C#N. The zero-order valence-electron chi connectivity index (χ0n) is 15.9. The molecule has 3 aliphatic heterocycles. The molecule has 0 saturated carbocycles. The van der Waals surface area contributed by atoms with Crippen molar-refractivity contribution >= 4 is 11.6 Å². The van der Waals surface area contributed by atoms with Crippen molar-refractivity contribution in [2.24, 2.45) is 11.8 Å². The van der Waals surface area contributed by atoms with Crippen LogP contribution < -0.4 is 15.5 Å². The van der Waals surface area contributed by atoms with Crippen molar-refractivity contribution in [3.05, 3.63) is 24.0 Å². The molecule has 27 heavy (non-hydrogen) atoms. The van der Waals surface area contributed by atoms with Gasteiger partial charge in [0.1, 0.15) is 6.07 Å². The summed E-state index contributed by atoms with van der Waals surface area (Å²) in [6, 6.07) is 4.38. The Bertz CT molecular complexity index is 725. The van der Waals surface area contributed by atoms with Crippen LogP contribution in [0.2, 0.25) is 0 Å². The van der Waals surface area contributed by atoms with Gasteiger partial charge in [-0.25, -0.2) is 0 Å². The lowest BCUT2D eigenvalue weighted by Gasteiger charge is -2.42. The minimum absolute atomic E-state index is 0.0928. The number of nitriles is 1. The maximum Gasteiger partial charge on any atom is 0.239 e. The Labute approximate surface area is 160 Å². The monoisotopic (exact) mass is 368 g/mol. The van der Waals surface area contributed by atoms with Crippen molar-refractivity contribution in [1.82, 2.24) is 20.5 Å². The van der Waals surface area contributed by atoms with Gasteiger partial charge in [0.2, 0.25) is 5.91 Å². The molecular formula is C20H28N6O. The van der Waals surface area contributed by atoms with Gasteiger partial charge in [0.15, 0.2) is 0 Å². The summed E-state index contributed by atoms with van der Waals surface area (Å²) in [6.45, 7) is 7.46. The highest BCUT2D eigenvalue weighted by molar-refractivity contribution is 5.83. The van der Waals surface area contributed by atoms with Gasteiger partial charge < -0.3 is 20.4 Å². The molecule has 3 saturated heterocycles. The molecule has 0 bridgehead atoms. The lowest BCUT2D eigenvalue weighted by Crippen LogP contribution is -2.56. The number of hydrogen-bond donors (Lipinski definition) is 2. The number of carbonyl (C=O) groups excluding carboxylic acids is 1. The third-order valence-electron chi connectivity index (χ3n) is 6.46. The molecule has 4 rings (SSSR count). The topological polar surface area (TPSA) is 84.3 Å². The molecule has 3 aliphatic rings. The lowest BCUT2D eigenvalue weighted by atomic mass is 9.84. The number of pyridine rings is 1. The van der Waals surface area contributed by atoms with E-state index in [4.69, 9.17) is 0 Å². The predicted molar refractivity (Wildman–Crippen MR) is 103 cm³/mol. The van der Waals surface area contributed by atoms with Crippen LogP contribution in [0.4, 0.5) is 5.69 Å². The first kappa shape index (κ1) is 18.2. The fourth-order valence-corrected chi connectivity index (χ4v) is 4.95. The molecule has 1 aromatic heterocycles. The lowest BCUT2D eigenvalue weighted by molar-refractivity contribution is -0.133. The minimum atomic E-state index is -0.0928. The standard InChI is InChI=1S/C20H28N6O/c1-14-16(12-24-19(14)20(27)25-7-2-3-8-25)18-13-23-6-9-26(18)17-4-5-22-11-15(17)10-21/h4-5,11,14,16,18-19,23-24H,2-3,6-9,12-13H2,1H3/t14-,16-,18?,19+/m1/s1. The summed E-state index contributed by atoms with van der Waals surface area (Å²) >= 11 is 0. The highest BCUT2D eigenvalue weighted by atomic mass is 16.2. The van der Waals surface area contributed by atoms with Crippen LogP contribution in [0.1, 0.15) is 25.3 Å². The number of aromatic nitrogens is 1. The van der Waals surface area contributed by atoms with Gasteiger partial charge in [-0.2, -0.15) is 5.26 Å². The van der Waals surface area contributed by atoms with E-state index >= 15 is 0 Å². The first-order valence-electron chi connectivity index (χ1n) is 10.0. The molecule has 0 aliphatic carbocycles. The molecule has 0 spiro atoms. The van der Waals surface area contributed by atoms with Gasteiger partial charge >= 0.3 is 0 Å². The Morgan fingerprint density at radius 1 is 1.30 bits per heavy atom. The Morgan fingerprint density at radius 3 is 2.89 bits per heavy atom. The van der Waals surface area contributed by atoms with Gasteiger partial charge in [-0.15, -0.1) is 0 Å². The van der Waals surface area contributed by atoms with E-state index in [1.165, 1.54) is 0 Å². The number of piperazine rings is 1. The van der Waals surface area contributed by atoms with Gasteiger partial charge in [0.05, 0.1) is 17.3 Å². The zero-order chi connectivity index (χ0) is 18.8. The summed E-state index contributed by atoms with van der Waals surface area (Å²) in [7, 11) is 0. The molecule has 2 N–H and O–H groups in total. The molecule has 144 valence electrons. The number of rotatable bonds is 3. The van der Waals surface area contributed by atoms with Crippen molar-refractivity contribution in [3.8, 4) is 6.07 Å². The number of amides is 1. The Hall–Kier alpha value is -2.17. The fraction of sp³-hybridized carbons (Fsp3) is 0.650. The van der Waals surface area contributed by atoms with Gasteiger partial charge in [-0.3, -0.25) is 9.78 Å². The first-order chi connectivity index (χ1) is 13.2. The average molecular weight is 368 g/mol. The Balaban J connectivity index is 1.54. The van der Waals surface area contributed by atoms with E-state index in [1.54, 1.807) is 12.4 Å². The third kappa shape index (κ3) is 3.40. The minimum Gasteiger partial charge on any atom is -0.364 e. The summed E-state index contributed by atoms with van der Waals surface area (Å²) in [5, 5.41) is 16.5. The second kappa shape index (κ2) is 7.83. The van der Waals surface area contributed by atoms with Crippen LogP contribution in [0.25, 0.3) is 0 Å². The van der Waals surface area contributed by atoms with Gasteiger partial charge in [0, 0.05) is 57.7 Å². The molecule has 0 aromatic carbocycles. The van der Waals surface area contributed by atoms with Crippen molar-refractivity contribution < 1.29 is 4.79 Å². The average Bonchev–Trinajstić information content (AvgIpc) is 3.37. The van der Waals surface area contributed by atoms with Crippen molar-refractivity contribution in [3.63, 3.8) is 0 Å². The molecule has 7 nitrogen and oxygen atoms in total. The normalized spacial score (nSPS) is 31.1. The van der Waals surface area contributed by atoms with Crippen LogP contribution in [-0.2, 0) is 4.79 Å². The molecule has 1 unspecified atom stereocenters. The molecule has 0 radical (unpaired) electrons.